The van der Waals surface area contributed by atoms with Gasteiger partial charge in [-0.25, -0.2) is 18.1 Å². The first kappa shape index (κ1) is 14.6. The number of thiazole rings is 1. The highest BCUT2D eigenvalue weighted by Gasteiger charge is 2.23. The largest absolute Gasteiger partial charge is 0.326 e. The third kappa shape index (κ3) is 3.21. The molecule has 0 spiro atoms. The summed E-state index contributed by atoms with van der Waals surface area (Å²) in [4.78, 5) is 5.21. The van der Waals surface area contributed by atoms with Crippen LogP contribution in [-0.2, 0) is 16.6 Å². The highest BCUT2D eigenvalue weighted by Crippen LogP contribution is 2.24. The molecule has 1 unspecified atom stereocenters. The van der Waals surface area contributed by atoms with E-state index in [1.54, 1.807) is 18.4 Å². The van der Waals surface area contributed by atoms with Gasteiger partial charge < -0.3 is 5.73 Å². The van der Waals surface area contributed by atoms with E-state index in [1.165, 1.54) is 22.7 Å². The Morgan fingerprint density at radius 1 is 1.47 bits per heavy atom. The second kappa shape index (κ2) is 5.68. The van der Waals surface area contributed by atoms with Gasteiger partial charge in [0.1, 0.15) is 5.01 Å². The number of hydrogen-bond acceptors (Lipinski definition) is 6. The van der Waals surface area contributed by atoms with Crippen molar-refractivity contribution in [3.63, 3.8) is 0 Å². The Kier molecular flexibility index (Phi) is 4.36. The van der Waals surface area contributed by atoms with Crippen LogP contribution >= 0.6 is 22.7 Å². The van der Waals surface area contributed by atoms with Crippen molar-refractivity contribution in [2.45, 2.75) is 31.3 Å². The van der Waals surface area contributed by atoms with Crippen molar-refractivity contribution in [2.24, 2.45) is 5.73 Å². The number of sulfonamides is 1. The van der Waals surface area contributed by atoms with Gasteiger partial charge in [-0.05, 0) is 25.3 Å². The normalized spacial score (nSPS) is 13.6. The Labute approximate surface area is 120 Å². The molecule has 104 valence electrons. The van der Waals surface area contributed by atoms with Gasteiger partial charge in [0.25, 0.3) is 0 Å². The molecule has 0 aliphatic rings. The average Bonchev–Trinajstić information content (AvgIpc) is 2.96. The maximum Gasteiger partial charge on any atom is 0.242 e. The average molecular weight is 317 g/mol. The summed E-state index contributed by atoms with van der Waals surface area (Å²) in [6.07, 6.45) is 0. The maximum atomic E-state index is 12.3. The van der Waals surface area contributed by atoms with Crippen molar-refractivity contribution in [3.8, 4) is 0 Å². The van der Waals surface area contributed by atoms with Gasteiger partial charge in [0.05, 0.1) is 10.9 Å². The van der Waals surface area contributed by atoms with Crippen LogP contribution in [0.5, 0.6) is 0 Å². The molecule has 2 aromatic heterocycles. The summed E-state index contributed by atoms with van der Waals surface area (Å²) >= 11 is 2.79. The first-order chi connectivity index (χ1) is 8.94. The van der Waals surface area contributed by atoms with E-state index in [4.69, 9.17) is 5.73 Å². The monoisotopic (exact) mass is 317 g/mol. The van der Waals surface area contributed by atoms with Gasteiger partial charge in [0.2, 0.25) is 10.0 Å². The predicted molar refractivity (Wildman–Crippen MR) is 77.8 cm³/mol. The lowest BCUT2D eigenvalue weighted by Gasteiger charge is -2.12. The Bertz CT molecular complexity index is 660. The van der Waals surface area contributed by atoms with Crippen LogP contribution in [0.15, 0.2) is 21.7 Å². The van der Waals surface area contributed by atoms with Crippen LogP contribution in [0.25, 0.3) is 0 Å². The number of thiophene rings is 1. The molecule has 19 heavy (non-hydrogen) atoms. The van der Waals surface area contributed by atoms with Gasteiger partial charge in [-0.1, -0.05) is 0 Å². The number of nitrogens with one attached hydrogen (secondary N) is 1. The molecule has 8 heteroatoms. The van der Waals surface area contributed by atoms with Crippen molar-refractivity contribution in [1.82, 2.24) is 9.71 Å². The third-order valence-electron chi connectivity index (χ3n) is 2.52. The zero-order valence-corrected chi connectivity index (χ0v) is 13.0. The molecule has 3 N–H and O–H groups in total. The van der Waals surface area contributed by atoms with Crippen LogP contribution in [0.3, 0.4) is 0 Å². The first-order valence-corrected chi connectivity index (χ1v) is 8.89. The Morgan fingerprint density at radius 3 is 2.79 bits per heavy atom. The topological polar surface area (TPSA) is 85.1 Å². The zero-order chi connectivity index (χ0) is 14.0. The van der Waals surface area contributed by atoms with E-state index >= 15 is 0 Å². The lowest BCUT2D eigenvalue weighted by molar-refractivity contribution is 0.565. The highest BCUT2D eigenvalue weighted by atomic mass is 32.2. The van der Waals surface area contributed by atoms with E-state index in [0.29, 0.717) is 4.88 Å². The van der Waals surface area contributed by atoms with Gasteiger partial charge in [0, 0.05) is 22.5 Å². The van der Waals surface area contributed by atoms with Crippen LogP contribution < -0.4 is 10.5 Å². The Balaban J connectivity index is 2.22. The lowest BCUT2D eigenvalue weighted by atomic mass is 10.4. The van der Waals surface area contributed by atoms with Crippen molar-refractivity contribution in [2.75, 3.05) is 0 Å². The number of rotatable bonds is 5. The van der Waals surface area contributed by atoms with Gasteiger partial charge in [-0.2, -0.15) is 0 Å². The fourth-order valence-electron chi connectivity index (χ4n) is 1.63. The number of hydrogen-bond donors (Lipinski definition) is 2. The molecule has 2 rings (SSSR count). The third-order valence-corrected chi connectivity index (χ3v) is 6.36. The zero-order valence-electron chi connectivity index (χ0n) is 10.6. The lowest BCUT2D eigenvalue weighted by Crippen LogP contribution is -2.27. The van der Waals surface area contributed by atoms with Crippen LogP contribution in [0.1, 0.15) is 28.5 Å². The number of aromatic nitrogens is 1. The smallest absolute Gasteiger partial charge is 0.242 e. The molecule has 0 aliphatic heterocycles. The Morgan fingerprint density at radius 2 is 2.21 bits per heavy atom. The van der Waals surface area contributed by atoms with E-state index in [9.17, 15) is 8.42 Å². The molecule has 0 bridgehead atoms. The number of aryl methyl sites for hydroxylation is 1. The van der Waals surface area contributed by atoms with E-state index in [2.05, 4.69) is 9.71 Å². The van der Waals surface area contributed by atoms with Crippen LogP contribution in [0.2, 0.25) is 0 Å². The van der Waals surface area contributed by atoms with Crippen molar-refractivity contribution < 1.29 is 8.42 Å². The maximum absolute atomic E-state index is 12.3. The summed E-state index contributed by atoms with van der Waals surface area (Å²) in [6, 6.07) is 1.23. The predicted octanol–water partition coefficient (Wildman–Crippen LogP) is 2.01. The summed E-state index contributed by atoms with van der Waals surface area (Å²) < 4.78 is 27.2. The molecular weight excluding hydrogens is 302 g/mol. The van der Waals surface area contributed by atoms with Crippen molar-refractivity contribution in [3.05, 3.63) is 32.4 Å². The summed E-state index contributed by atoms with van der Waals surface area (Å²) in [5.41, 5.74) is 6.44. The van der Waals surface area contributed by atoms with Crippen molar-refractivity contribution >= 4 is 32.7 Å². The summed E-state index contributed by atoms with van der Waals surface area (Å²) in [7, 11) is -3.55. The fourth-order valence-corrected chi connectivity index (χ4v) is 5.06. The molecule has 1 atom stereocenters. The molecule has 0 radical (unpaired) electrons. The fraction of sp³-hybridized carbons (Fsp3) is 0.364. The minimum absolute atomic E-state index is 0.221. The minimum atomic E-state index is -3.55. The summed E-state index contributed by atoms with van der Waals surface area (Å²) in [5.74, 6) is 0. The molecule has 0 saturated carbocycles. The number of nitrogens with two attached hydrogens (primary N) is 1. The molecule has 0 saturated heterocycles. The molecule has 0 aromatic carbocycles. The Hall–Kier alpha value is -0.800. The second-order valence-corrected chi connectivity index (χ2v) is 7.66. The van der Waals surface area contributed by atoms with Crippen LogP contribution in [-0.4, -0.2) is 13.4 Å². The van der Waals surface area contributed by atoms with Gasteiger partial charge in [-0.15, -0.1) is 22.7 Å². The molecule has 2 heterocycles. The molecule has 0 aliphatic carbocycles. The van der Waals surface area contributed by atoms with Gasteiger partial charge in [-0.3, -0.25) is 0 Å². The van der Waals surface area contributed by atoms with E-state index in [1.807, 2.05) is 12.3 Å². The summed E-state index contributed by atoms with van der Waals surface area (Å²) in [5, 5.41) is 4.39. The van der Waals surface area contributed by atoms with Crippen LogP contribution in [0.4, 0.5) is 0 Å². The molecule has 0 fully saturated rings. The molecular formula is C11H15N3O2S3. The van der Waals surface area contributed by atoms with Crippen molar-refractivity contribution in [1.29, 1.82) is 0 Å². The number of nitrogens with zero attached hydrogens (tertiary/aromatic N) is 1. The molecule has 0 amide bonds. The SMILES string of the molecule is Cc1csc(C(C)NS(=O)(=O)c2ccsc2CN)n1. The van der Waals surface area contributed by atoms with E-state index < -0.39 is 10.0 Å². The standard InChI is InChI=1S/C11H15N3O2S3/c1-7-6-18-11(13-7)8(2)14-19(15,16)10-3-4-17-9(10)5-12/h3-4,6,8,14H,5,12H2,1-2H3. The van der Waals surface area contributed by atoms with Gasteiger partial charge >= 0.3 is 0 Å². The minimum Gasteiger partial charge on any atom is -0.326 e. The van der Waals surface area contributed by atoms with Crippen LogP contribution in [0, 0.1) is 6.92 Å². The summed E-state index contributed by atoms with van der Waals surface area (Å²) in [6.45, 7) is 3.88. The van der Waals surface area contributed by atoms with Gasteiger partial charge in [0.15, 0.2) is 0 Å². The quantitative estimate of drug-likeness (QED) is 0.883. The van der Waals surface area contributed by atoms with E-state index in [0.717, 1.165) is 10.7 Å². The highest BCUT2D eigenvalue weighted by molar-refractivity contribution is 7.89. The second-order valence-electron chi connectivity index (χ2n) is 4.08. The van der Waals surface area contributed by atoms with E-state index in [-0.39, 0.29) is 17.5 Å². The first-order valence-electron chi connectivity index (χ1n) is 5.65. The molecule has 5 nitrogen and oxygen atoms in total. The molecule has 2 aromatic rings.